The Morgan fingerprint density at radius 1 is 1.39 bits per heavy atom. The summed E-state index contributed by atoms with van der Waals surface area (Å²) in [6.45, 7) is 1.30. The minimum Gasteiger partial charge on any atom is -0.481 e. The molecule has 1 N–H and O–H groups in total. The Balaban J connectivity index is 2.28. The average molecular weight is 256 g/mol. The molecule has 18 heavy (non-hydrogen) atoms. The van der Waals surface area contributed by atoms with Gasteiger partial charge in [0.15, 0.2) is 0 Å². The molecule has 1 rings (SSSR count). The standard InChI is InChI=1S/C11H17N3O4/c1-14(2,6-3-10(15)16)7-8-18-11(17)13-5-4-12-9-13/h4-5,9H,3,6-8H2,1-2H3/p+1. The molecule has 0 fully saturated rings. The topological polar surface area (TPSA) is 81.4 Å². The maximum Gasteiger partial charge on any atom is 0.419 e. The number of aliphatic carboxylic acids is 1. The van der Waals surface area contributed by atoms with E-state index in [1.54, 1.807) is 0 Å². The lowest BCUT2D eigenvalue weighted by molar-refractivity contribution is -0.889. The number of hydrogen-bond acceptors (Lipinski definition) is 4. The average Bonchev–Trinajstić information content (AvgIpc) is 2.79. The lowest BCUT2D eigenvalue weighted by atomic mass is 10.3. The van der Waals surface area contributed by atoms with Crippen LogP contribution in [0, 0.1) is 0 Å². The molecule has 1 aromatic rings. The number of likely N-dealkylation sites (N-methyl/N-ethyl adjacent to an activating group) is 1. The highest BCUT2D eigenvalue weighted by Gasteiger charge is 2.17. The van der Waals surface area contributed by atoms with Crippen molar-refractivity contribution >= 4 is 12.1 Å². The van der Waals surface area contributed by atoms with Crippen LogP contribution in [-0.2, 0) is 9.53 Å². The fourth-order valence-electron chi connectivity index (χ4n) is 1.33. The number of rotatable bonds is 6. The molecule has 0 saturated heterocycles. The van der Waals surface area contributed by atoms with Gasteiger partial charge in [-0.25, -0.2) is 14.3 Å². The first kappa shape index (κ1) is 14.2. The van der Waals surface area contributed by atoms with E-state index in [1.807, 2.05) is 14.1 Å². The van der Waals surface area contributed by atoms with Crippen LogP contribution in [0.1, 0.15) is 6.42 Å². The lowest BCUT2D eigenvalue weighted by Gasteiger charge is -2.28. The van der Waals surface area contributed by atoms with E-state index in [0.29, 0.717) is 17.6 Å². The van der Waals surface area contributed by atoms with E-state index in [1.165, 1.54) is 23.3 Å². The molecular weight excluding hydrogens is 238 g/mol. The fraction of sp³-hybridized carbons (Fsp3) is 0.545. The quantitative estimate of drug-likeness (QED) is 0.746. The maximum atomic E-state index is 11.5. The predicted octanol–water partition coefficient (Wildman–Crippen LogP) is 0.419. The largest absolute Gasteiger partial charge is 0.481 e. The Morgan fingerprint density at radius 3 is 2.67 bits per heavy atom. The Kier molecular flexibility index (Phi) is 4.85. The predicted molar refractivity (Wildman–Crippen MR) is 63.1 cm³/mol. The zero-order valence-corrected chi connectivity index (χ0v) is 10.6. The van der Waals surface area contributed by atoms with E-state index in [2.05, 4.69) is 4.98 Å². The summed E-state index contributed by atoms with van der Waals surface area (Å²) < 4.78 is 6.79. The molecule has 7 nitrogen and oxygen atoms in total. The molecule has 0 atom stereocenters. The van der Waals surface area contributed by atoms with Gasteiger partial charge >= 0.3 is 12.1 Å². The Morgan fingerprint density at radius 2 is 2.11 bits per heavy atom. The molecule has 0 bridgehead atoms. The number of aromatic nitrogens is 2. The zero-order chi connectivity index (χ0) is 13.6. The van der Waals surface area contributed by atoms with E-state index >= 15 is 0 Å². The van der Waals surface area contributed by atoms with Crippen molar-refractivity contribution in [3.8, 4) is 0 Å². The minimum absolute atomic E-state index is 0.0997. The number of carboxylic acid groups (broad SMARTS) is 1. The molecule has 1 aromatic heterocycles. The first-order valence-electron chi connectivity index (χ1n) is 5.59. The van der Waals surface area contributed by atoms with Gasteiger partial charge in [0.05, 0.1) is 27.1 Å². The van der Waals surface area contributed by atoms with Gasteiger partial charge in [0, 0.05) is 12.4 Å². The van der Waals surface area contributed by atoms with Crippen molar-refractivity contribution < 1.29 is 23.9 Å². The third-order valence-corrected chi connectivity index (χ3v) is 2.57. The van der Waals surface area contributed by atoms with Gasteiger partial charge in [0.2, 0.25) is 0 Å². The molecule has 0 saturated carbocycles. The van der Waals surface area contributed by atoms with Crippen molar-refractivity contribution in [2.45, 2.75) is 6.42 Å². The molecule has 100 valence electrons. The Labute approximate surface area is 105 Å². The highest BCUT2D eigenvalue weighted by molar-refractivity contribution is 5.69. The van der Waals surface area contributed by atoms with Crippen molar-refractivity contribution in [3.05, 3.63) is 18.7 Å². The first-order valence-corrected chi connectivity index (χ1v) is 5.59. The number of carboxylic acids is 1. The van der Waals surface area contributed by atoms with Crippen LogP contribution in [0.5, 0.6) is 0 Å². The molecule has 1 heterocycles. The van der Waals surface area contributed by atoms with Gasteiger partial charge < -0.3 is 14.3 Å². The normalized spacial score (nSPS) is 11.2. The van der Waals surface area contributed by atoms with Crippen LogP contribution in [0.3, 0.4) is 0 Å². The maximum absolute atomic E-state index is 11.5. The molecule has 0 aliphatic carbocycles. The number of carbonyl (C=O) groups is 2. The van der Waals surface area contributed by atoms with E-state index in [4.69, 9.17) is 9.84 Å². The third kappa shape index (κ3) is 4.96. The number of hydrogen-bond donors (Lipinski definition) is 1. The second kappa shape index (κ2) is 6.15. The van der Waals surface area contributed by atoms with Crippen molar-refractivity contribution in [2.24, 2.45) is 0 Å². The van der Waals surface area contributed by atoms with Crippen LogP contribution in [0.4, 0.5) is 4.79 Å². The van der Waals surface area contributed by atoms with Crippen molar-refractivity contribution in [1.29, 1.82) is 0 Å². The van der Waals surface area contributed by atoms with Gasteiger partial charge in [-0.05, 0) is 0 Å². The minimum atomic E-state index is -0.823. The molecular formula is C11H18N3O4+. The summed E-state index contributed by atoms with van der Waals surface area (Å²) in [6.07, 6.45) is 3.99. The monoisotopic (exact) mass is 256 g/mol. The van der Waals surface area contributed by atoms with Gasteiger partial charge in [-0.3, -0.25) is 4.79 Å². The molecule has 0 aliphatic heterocycles. The highest BCUT2D eigenvalue weighted by atomic mass is 16.5. The summed E-state index contributed by atoms with van der Waals surface area (Å²) in [5.41, 5.74) is 0. The lowest BCUT2D eigenvalue weighted by Crippen LogP contribution is -2.44. The molecule has 7 heteroatoms. The number of quaternary nitrogens is 1. The van der Waals surface area contributed by atoms with Gasteiger partial charge in [0.1, 0.15) is 19.5 Å². The van der Waals surface area contributed by atoms with Crippen LogP contribution in [0.15, 0.2) is 18.7 Å². The van der Waals surface area contributed by atoms with Crippen LogP contribution >= 0.6 is 0 Å². The molecule has 0 amide bonds. The molecule has 0 unspecified atom stereocenters. The Hall–Kier alpha value is -1.89. The van der Waals surface area contributed by atoms with Gasteiger partial charge in [-0.15, -0.1) is 0 Å². The molecule has 0 spiro atoms. The molecule has 0 radical (unpaired) electrons. The summed E-state index contributed by atoms with van der Waals surface area (Å²) in [5.74, 6) is -0.823. The molecule has 0 aromatic carbocycles. The fourth-order valence-corrected chi connectivity index (χ4v) is 1.33. The van der Waals surface area contributed by atoms with Crippen molar-refractivity contribution in [1.82, 2.24) is 9.55 Å². The third-order valence-electron chi connectivity index (χ3n) is 2.57. The summed E-state index contributed by atoms with van der Waals surface area (Å²) in [6, 6.07) is 0. The Bertz CT molecular complexity index is 400. The van der Waals surface area contributed by atoms with Crippen molar-refractivity contribution in [2.75, 3.05) is 33.8 Å². The summed E-state index contributed by atoms with van der Waals surface area (Å²) >= 11 is 0. The summed E-state index contributed by atoms with van der Waals surface area (Å²) in [4.78, 5) is 25.7. The van der Waals surface area contributed by atoms with Crippen LogP contribution < -0.4 is 0 Å². The van der Waals surface area contributed by atoms with Crippen molar-refractivity contribution in [3.63, 3.8) is 0 Å². The van der Waals surface area contributed by atoms with Crippen LogP contribution in [0.25, 0.3) is 0 Å². The van der Waals surface area contributed by atoms with E-state index < -0.39 is 12.1 Å². The summed E-state index contributed by atoms with van der Waals surface area (Å²) in [7, 11) is 3.79. The van der Waals surface area contributed by atoms with Gasteiger partial charge in [-0.1, -0.05) is 0 Å². The van der Waals surface area contributed by atoms with E-state index in [-0.39, 0.29) is 13.0 Å². The first-order chi connectivity index (χ1) is 8.41. The SMILES string of the molecule is C[N+](C)(CCOC(=O)n1ccnc1)CCC(=O)O. The number of nitrogens with zero attached hydrogens (tertiary/aromatic N) is 3. The van der Waals surface area contributed by atoms with Crippen LogP contribution in [0.2, 0.25) is 0 Å². The number of imidazole rings is 1. The second-order valence-electron chi connectivity index (χ2n) is 4.61. The van der Waals surface area contributed by atoms with Gasteiger partial charge in [0.25, 0.3) is 0 Å². The number of carbonyl (C=O) groups excluding carboxylic acids is 1. The smallest absolute Gasteiger partial charge is 0.419 e. The van der Waals surface area contributed by atoms with E-state index in [0.717, 1.165) is 0 Å². The summed E-state index contributed by atoms with van der Waals surface area (Å²) in [5, 5.41) is 8.61. The van der Waals surface area contributed by atoms with E-state index in [9.17, 15) is 9.59 Å². The highest BCUT2D eigenvalue weighted by Crippen LogP contribution is 2.00. The van der Waals surface area contributed by atoms with Gasteiger partial charge in [-0.2, -0.15) is 0 Å². The molecule has 0 aliphatic rings. The number of ether oxygens (including phenoxy) is 1. The zero-order valence-electron chi connectivity index (χ0n) is 10.6. The van der Waals surface area contributed by atoms with Crippen LogP contribution in [-0.4, -0.2) is 65.0 Å². The second-order valence-corrected chi connectivity index (χ2v) is 4.61.